The van der Waals surface area contributed by atoms with Crippen LogP contribution in [0.4, 0.5) is 13.2 Å². The molecule has 0 aliphatic carbocycles. The summed E-state index contributed by atoms with van der Waals surface area (Å²) in [4.78, 5) is 0. The second kappa shape index (κ2) is 7.53. The smallest absolute Gasteiger partial charge is 0.416 e. The molecule has 1 aromatic rings. The Balaban J connectivity index is 2.46. The number of benzene rings is 1. The molecule has 2 N–H and O–H groups in total. The summed E-state index contributed by atoms with van der Waals surface area (Å²) in [5.74, 6) is 1.26. The van der Waals surface area contributed by atoms with Gasteiger partial charge >= 0.3 is 6.18 Å². The molecule has 0 aliphatic heterocycles. The van der Waals surface area contributed by atoms with Crippen molar-refractivity contribution in [3.63, 3.8) is 0 Å². The second-order valence-electron chi connectivity index (χ2n) is 5.18. The minimum Gasteiger partial charge on any atom is -0.493 e. The van der Waals surface area contributed by atoms with Crippen LogP contribution in [0.3, 0.4) is 0 Å². The summed E-state index contributed by atoms with van der Waals surface area (Å²) < 4.78 is 42.7. The summed E-state index contributed by atoms with van der Waals surface area (Å²) in [6, 6.07) is 4.79. The Bertz CT molecular complexity index is 385. The maximum Gasteiger partial charge on any atom is 0.416 e. The first-order chi connectivity index (χ1) is 9.36. The Morgan fingerprint density at radius 2 is 1.80 bits per heavy atom. The van der Waals surface area contributed by atoms with Gasteiger partial charge in [-0.05, 0) is 49.1 Å². The van der Waals surface area contributed by atoms with Crippen LogP contribution in [0.2, 0.25) is 0 Å². The topological polar surface area (TPSA) is 35.2 Å². The van der Waals surface area contributed by atoms with Gasteiger partial charge in [-0.25, -0.2) is 0 Å². The summed E-state index contributed by atoms with van der Waals surface area (Å²) in [5, 5.41) is 0. The molecule has 5 heteroatoms. The van der Waals surface area contributed by atoms with Crippen LogP contribution >= 0.6 is 0 Å². The zero-order chi connectivity index (χ0) is 15.2. The van der Waals surface area contributed by atoms with Crippen molar-refractivity contribution < 1.29 is 17.9 Å². The molecular weight excluding hydrogens is 267 g/mol. The van der Waals surface area contributed by atoms with Crippen molar-refractivity contribution in [3.05, 3.63) is 29.8 Å². The van der Waals surface area contributed by atoms with Crippen molar-refractivity contribution in [2.24, 2.45) is 17.6 Å². The molecule has 0 fully saturated rings. The van der Waals surface area contributed by atoms with Crippen molar-refractivity contribution in [1.82, 2.24) is 0 Å². The molecule has 0 bridgehead atoms. The molecule has 0 unspecified atom stereocenters. The minimum atomic E-state index is -4.30. The average molecular weight is 289 g/mol. The Kier molecular flexibility index (Phi) is 6.33. The Morgan fingerprint density at radius 3 is 2.25 bits per heavy atom. The number of rotatable bonds is 7. The molecule has 114 valence electrons. The highest BCUT2D eigenvalue weighted by Crippen LogP contribution is 2.30. The number of alkyl halides is 3. The van der Waals surface area contributed by atoms with Gasteiger partial charge in [0.25, 0.3) is 0 Å². The van der Waals surface area contributed by atoms with Crippen LogP contribution in [0.5, 0.6) is 5.75 Å². The first-order valence-electron chi connectivity index (χ1n) is 6.87. The molecule has 20 heavy (non-hydrogen) atoms. The van der Waals surface area contributed by atoms with Crippen LogP contribution in [0.15, 0.2) is 24.3 Å². The van der Waals surface area contributed by atoms with Gasteiger partial charge < -0.3 is 10.5 Å². The SMILES string of the molecule is CC[C@H](CN)C[C@H](C)COc1ccc(C(F)(F)F)cc1. The molecule has 0 saturated heterocycles. The van der Waals surface area contributed by atoms with Crippen LogP contribution in [0, 0.1) is 11.8 Å². The molecule has 2 nitrogen and oxygen atoms in total. The second-order valence-corrected chi connectivity index (χ2v) is 5.18. The van der Waals surface area contributed by atoms with E-state index in [-0.39, 0.29) is 0 Å². The van der Waals surface area contributed by atoms with E-state index in [0.717, 1.165) is 25.0 Å². The van der Waals surface area contributed by atoms with E-state index in [1.807, 2.05) is 0 Å². The molecule has 2 atom stereocenters. The van der Waals surface area contributed by atoms with Crippen molar-refractivity contribution in [2.75, 3.05) is 13.2 Å². The van der Waals surface area contributed by atoms with E-state index in [4.69, 9.17) is 10.5 Å². The quantitative estimate of drug-likeness (QED) is 0.820. The summed E-state index contributed by atoms with van der Waals surface area (Å²) in [6.45, 7) is 5.30. The van der Waals surface area contributed by atoms with Gasteiger partial charge in [-0.3, -0.25) is 0 Å². The summed E-state index contributed by atoms with van der Waals surface area (Å²) >= 11 is 0. The predicted octanol–water partition coefficient (Wildman–Crippen LogP) is 4.10. The molecule has 1 aromatic carbocycles. The fraction of sp³-hybridized carbons (Fsp3) is 0.600. The van der Waals surface area contributed by atoms with Crippen LogP contribution in [-0.2, 0) is 6.18 Å². The predicted molar refractivity (Wildman–Crippen MR) is 73.6 cm³/mol. The zero-order valence-electron chi connectivity index (χ0n) is 11.9. The normalized spacial score (nSPS) is 14.9. The molecule has 1 rings (SSSR count). The number of hydrogen-bond acceptors (Lipinski definition) is 2. The molecule has 0 saturated carbocycles. The highest BCUT2D eigenvalue weighted by molar-refractivity contribution is 5.28. The molecular formula is C15H22F3NO. The van der Waals surface area contributed by atoms with E-state index < -0.39 is 11.7 Å². The van der Waals surface area contributed by atoms with Crippen LogP contribution < -0.4 is 10.5 Å². The molecule has 0 heterocycles. The van der Waals surface area contributed by atoms with Gasteiger partial charge in [-0.1, -0.05) is 20.3 Å². The largest absolute Gasteiger partial charge is 0.493 e. The summed E-state index contributed by atoms with van der Waals surface area (Å²) in [5.41, 5.74) is 4.99. The van der Waals surface area contributed by atoms with Crippen LogP contribution in [-0.4, -0.2) is 13.2 Å². The van der Waals surface area contributed by atoms with Crippen molar-refractivity contribution in [3.8, 4) is 5.75 Å². The van der Waals surface area contributed by atoms with E-state index in [2.05, 4.69) is 13.8 Å². The van der Waals surface area contributed by atoms with Gasteiger partial charge in [0.2, 0.25) is 0 Å². The standard InChI is InChI=1S/C15H22F3NO/c1-3-12(9-19)8-11(2)10-20-14-6-4-13(5-7-14)15(16,17)18/h4-7,11-12H,3,8-10,19H2,1-2H3/t11-,12-/m0/s1. The summed E-state index contributed by atoms with van der Waals surface area (Å²) in [7, 11) is 0. The summed E-state index contributed by atoms with van der Waals surface area (Å²) in [6.07, 6.45) is -2.31. The maximum absolute atomic E-state index is 12.4. The maximum atomic E-state index is 12.4. The van der Waals surface area contributed by atoms with E-state index in [1.165, 1.54) is 12.1 Å². The number of nitrogens with two attached hydrogens (primary N) is 1. The highest BCUT2D eigenvalue weighted by atomic mass is 19.4. The van der Waals surface area contributed by atoms with Crippen molar-refractivity contribution >= 4 is 0 Å². The van der Waals surface area contributed by atoms with E-state index in [9.17, 15) is 13.2 Å². The van der Waals surface area contributed by atoms with Gasteiger partial charge in [0.05, 0.1) is 12.2 Å². The number of hydrogen-bond donors (Lipinski definition) is 1. The third-order valence-corrected chi connectivity index (χ3v) is 3.36. The van der Waals surface area contributed by atoms with Crippen LogP contribution in [0.25, 0.3) is 0 Å². The van der Waals surface area contributed by atoms with Gasteiger partial charge in [0.1, 0.15) is 5.75 Å². The lowest BCUT2D eigenvalue weighted by Gasteiger charge is -2.18. The van der Waals surface area contributed by atoms with Gasteiger partial charge in [0.15, 0.2) is 0 Å². The number of halogens is 3. The third kappa shape index (κ3) is 5.41. The Morgan fingerprint density at radius 1 is 1.20 bits per heavy atom. The minimum absolute atomic E-state index is 0.325. The lowest BCUT2D eigenvalue weighted by Crippen LogP contribution is -2.19. The van der Waals surface area contributed by atoms with Crippen LogP contribution in [0.1, 0.15) is 32.3 Å². The first kappa shape index (κ1) is 16.8. The van der Waals surface area contributed by atoms with Crippen molar-refractivity contribution in [2.45, 2.75) is 32.9 Å². The van der Waals surface area contributed by atoms with Gasteiger partial charge in [-0.15, -0.1) is 0 Å². The molecule has 0 radical (unpaired) electrons. The van der Waals surface area contributed by atoms with E-state index >= 15 is 0 Å². The molecule has 0 spiro atoms. The van der Waals surface area contributed by atoms with E-state index in [0.29, 0.717) is 30.7 Å². The highest BCUT2D eigenvalue weighted by Gasteiger charge is 2.30. The van der Waals surface area contributed by atoms with Gasteiger partial charge in [0, 0.05) is 0 Å². The monoisotopic (exact) mass is 289 g/mol. The average Bonchev–Trinajstić information content (AvgIpc) is 2.42. The van der Waals surface area contributed by atoms with E-state index in [1.54, 1.807) is 0 Å². The fourth-order valence-electron chi connectivity index (χ4n) is 2.05. The first-order valence-corrected chi connectivity index (χ1v) is 6.87. The van der Waals surface area contributed by atoms with Gasteiger partial charge in [-0.2, -0.15) is 13.2 Å². The molecule has 0 aliphatic rings. The third-order valence-electron chi connectivity index (χ3n) is 3.36. The van der Waals surface area contributed by atoms with Crippen molar-refractivity contribution in [1.29, 1.82) is 0 Å². The molecule has 0 amide bonds. The lowest BCUT2D eigenvalue weighted by atomic mass is 9.94. The zero-order valence-corrected chi connectivity index (χ0v) is 11.9. The fourth-order valence-corrected chi connectivity index (χ4v) is 2.05. The number of ether oxygens (including phenoxy) is 1. The lowest BCUT2D eigenvalue weighted by molar-refractivity contribution is -0.137. The Labute approximate surface area is 118 Å². The Hall–Kier alpha value is -1.23. The molecule has 0 aromatic heterocycles.